The number of aromatic nitrogens is 2. The molecule has 2 aromatic carbocycles. The molecule has 0 aliphatic rings. The van der Waals surface area contributed by atoms with Crippen molar-refractivity contribution in [2.45, 2.75) is 14.9 Å². The van der Waals surface area contributed by atoms with Gasteiger partial charge in [-0.2, -0.15) is 0 Å². The first-order valence-corrected chi connectivity index (χ1v) is 11.3. The van der Waals surface area contributed by atoms with E-state index in [4.69, 9.17) is 16.3 Å². The minimum Gasteiger partial charge on any atom is -0.497 e. The topological polar surface area (TPSA) is 106 Å². The number of benzene rings is 2. The zero-order valence-electron chi connectivity index (χ0n) is 14.3. The first-order chi connectivity index (χ1) is 12.6. The van der Waals surface area contributed by atoms with Crippen molar-refractivity contribution in [3.8, 4) is 17.1 Å². The van der Waals surface area contributed by atoms with Crippen LogP contribution in [0.15, 0.2) is 63.5 Å². The number of nitrogens with one attached hydrogen (secondary N) is 1. The second-order valence-corrected chi connectivity index (χ2v) is 9.94. The molecule has 0 spiro atoms. The molecule has 0 aliphatic heterocycles. The zero-order chi connectivity index (χ0) is 19.8. The van der Waals surface area contributed by atoms with Crippen LogP contribution in [0.3, 0.4) is 0 Å². The summed E-state index contributed by atoms with van der Waals surface area (Å²) in [5, 5.41) is -0.684. The van der Waals surface area contributed by atoms with Gasteiger partial charge < -0.3 is 9.72 Å². The molecule has 1 aromatic heterocycles. The third-order valence-electron chi connectivity index (χ3n) is 3.73. The highest BCUT2D eigenvalue weighted by Gasteiger charge is 2.31. The molecule has 0 radical (unpaired) electrons. The molecule has 0 aliphatic carbocycles. The second-order valence-electron chi connectivity index (χ2n) is 5.68. The molecule has 0 atom stereocenters. The molecule has 142 valence electrons. The van der Waals surface area contributed by atoms with Gasteiger partial charge in [0.15, 0.2) is 19.9 Å². The number of methoxy groups -OCH3 is 1. The number of hydrogen-bond donors (Lipinski definition) is 1. The van der Waals surface area contributed by atoms with Gasteiger partial charge in [0, 0.05) is 16.8 Å². The summed E-state index contributed by atoms with van der Waals surface area (Å²) in [6.45, 7) is 0. The Bertz CT molecular complexity index is 1200. The standard InChI is InChI=1S/C17H15ClN2O5S2/c1-25-13-5-3-4-11(10-13)15-19-16(26(2,21)22)17(20-15)27(23,24)14-8-6-12(18)7-9-14/h3-10H,1-2H3,(H,19,20). The fourth-order valence-electron chi connectivity index (χ4n) is 2.41. The summed E-state index contributed by atoms with van der Waals surface area (Å²) in [7, 11) is -6.59. The number of H-pyrrole nitrogens is 1. The van der Waals surface area contributed by atoms with Crippen molar-refractivity contribution >= 4 is 31.3 Å². The normalized spacial score (nSPS) is 12.1. The lowest BCUT2D eigenvalue weighted by Gasteiger charge is -2.03. The van der Waals surface area contributed by atoms with Gasteiger partial charge in [0.25, 0.3) is 0 Å². The Hall–Kier alpha value is -2.36. The van der Waals surface area contributed by atoms with Gasteiger partial charge in [-0.25, -0.2) is 21.8 Å². The van der Waals surface area contributed by atoms with E-state index in [9.17, 15) is 16.8 Å². The number of hydrogen-bond acceptors (Lipinski definition) is 6. The zero-order valence-corrected chi connectivity index (χ0v) is 16.7. The molecule has 7 nitrogen and oxygen atoms in total. The first kappa shape index (κ1) is 19.4. The van der Waals surface area contributed by atoms with Crippen LogP contribution in [0, 0.1) is 0 Å². The van der Waals surface area contributed by atoms with E-state index in [0.29, 0.717) is 16.3 Å². The Kier molecular flexibility index (Phi) is 5.02. The van der Waals surface area contributed by atoms with Crippen LogP contribution in [0.2, 0.25) is 5.02 Å². The molecule has 1 heterocycles. The van der Waals surface area contributed by atoms with Gasteiger partial charge in [0.1, 0.15) is 11.6 Å². The van der Waals surface area contributed by atoms with Gasteiger partial charge in [-0.15, -0.1) is 0 Å². The lowest BCUT2D eigenvalue weighted by atomic mass is 10.2. The molecule has 0 bridgehead atoms. The van der Waals surface area contributed by atoms with Crippen LogP contribution in [0.4, 0.5) is 0 Å². The fourth-order valence-corrected chi connectivity index (χ4v) is 5.19. The van der Waals surface area contributed by atoms with Crippen molar-refractivity contribution in [2.24, 2.45) is 0 Å². The predicted molar refractivity (Wildman–Crippen MR) is 101 cm³/mol. The van der Waals surface area contributed by atoms with E-state index in [2.05, 4.69) is 9.97 Å². The number of rotatable bonds is 5. The highest BCUT2D eigenvalue weighted by atomic mass is 35.5. The van der Waals surface area contributed by atoms with Crippen molar-refractivity contribution in [1.82, 2.24) is 9.97 Å². The van der Waals surface area contributed by atoms with E-state index < -0.39 is 29.7 Å². The summed E-state index contributed by atoms with van der Waals surface area (Å²) in [5.74, 6) is 0.619. The number of nitrogens with zero attached hydrogens (tertiary/aromatic N) is 1. The van der Waals surface area contributed by atoms with Crippen LogP contribution in [0.25, 0.3) is 11.4 Å². The molecule has 27 heavy (non-hydrogen) atoms. The maximum absolute atomic E-state index is 13.0. The molecule has 3 rings (SSSR count). The average Bonchev–Trinajstić information content (AvgIpc) is 3.09. The summed E-state index contributed by atoms with van der Waals surface area (Å²) in [5.41, 5.74) is 0.483. The van der Waals surface area contributed by atoms with Crippen LogP contribution in [-0.2, 0) is 19.7 Å². The van der Waals surface area contributed by atoms with E-state index in [0.717, 1.165) is 6.26 Å². The Morgan fingerprint density at radius 2 is 1.70 bits per heavy atom. The summed E-state index contributed by atoms with van der Waals surface area (Å²) in [6, 6.07) is 12.1. The van der Waals surface area contributed by atoms with Crippen molar-refractivity contribution in [3.63, 3.8) is 0 Å². The SMILES string of the molecule is COc1cccc(-c2nc(S(=O)(=O)c3ccc(Cl)cc3)c(S(C)(=O)=O)[nH]2)c1. The van der Waals surface area contributed by atoms with E-state index in [1.165, 1.54) is 31.4 Å². The van der Waals surface area contributed by atoms with Gasteiger partial charge >= 0.3 is 0 Å². The molecular formula is C17H15ClN2O5S2. The Morgan fingerprint density at radius 1 is 1.04 bits per heavy atom. The van der Waals surface area contributed by atoms with Gasteiger partial charge in [-0.1, -0.05) is 23.7 Å². The van der Waals surface area contributed by atoms with Crippen LogP contribution in [0.1, 0.15) is 0 Å². The molecule has 0 saturated carbocycles. The fraction of sp³-hybridized carbons (Fsp3) is 0.118. The smallest absolute Gasteiger partial charge is 0.226 e. The Morgan fingerprint density at radius 3 is 2.30 bits per heavy atom. The monoisotopic (exact) mass is 426 g/mol. The number of ether oxygens (including phenoxy) is 1. The number of aromatic amines is 1. The summed E-state index contributed by atoms with van der Waals surface area (Å²) in [6.07, 6.45) is 0.913. The molecular weight excluding hydrogens is 412 g/mol. The van der Waals surface area contributed by atoms with Crippen molar-refractivity contribution in [3.05, 3.63) is 53.6 Å². The van der Waals surface area contributed by atoms with E-state index in [1.807, 2.05) is 0 Å². The number of sulfone groups is 2. The van der Waals surface area contributed by atoms with Gasteiger partial charge in [0.2, 0.25) is 9.84 Å². The molecule has 0 fully saturated rings. The van der Waals surface area contributed by atoms with E-state index in [-0.39, 0.29) is 10.7 Å². The quantitative estimate of drug-likeness (QED) is 0.672. The van der Waals surface area contributed by atoms with Crippen LogP contribution in [0.5, 0.6) is 5.75 Å². The third-order valence-corrected chi connectivity index (χ3v) is 6.85. The molecule has 0 unspecified atom stereocenters. The van der Waals surface area contributed by atoms with Crippen LogP contribution < -0.4 is 4.74 Å². The van der Waals surface area contributed by atoms with Crippen LogP contribution >= 0.6 is 11.6 Å². The lowest BCUT2D eigenvalue weighted by Crippen LogP contribution is -2.09. The van der Waals surface area contributed by atoms with Crippen molar-refractivity contribution < 1.29 is 21.6 Å². The number of halogens is 1. The summed E-state index contributed by atoms with van der Waals surface area (Å²) < 4.78 is 55.4. The predicted octanol–water partition coefficient (Wildman–Crippen LogP) is 2.98. The minimum absolute atomic E-state index is 0.0989. The highest BCUT2D eigenvalue weighted by Crippen LogP contribution is 2.30. The molecule has 3 aromatic rings. The largest absolute Gasteiger partial charge is 0.497 e. The molecule has 0 amide bonds. The second kappa shape index (κ2) is 6.99. The third kappa shape index (κ3) is 3.85. The Labute approximate surface area is 161 Å². The van der Waals surface area contributed by atoms with E-state index in [1.54, 1.807) is 24.3 Å². The molecule has 1 N–H and O–H groups in total. The summed E-state index contributed by atoms with van der Waals surface area (Å²) >= 11 is 5.80. The van der Waals surface area contributed by atoms with Crippen molar-refractivity contribution in [1.29, 1.82) is 0 Å². The number of imidazole rings is 1. The maximum atomic E-state index is 13.0. The van der Waals surface area contributed by atoms with Crippen molar-refractivity contribution in [2.75, 3.05) is 13.4 Å². The highest BCUT2D eigenvalue weighted by molar-refractivity contribution is 7.94. The van der Waals surface area contributed by atoms with Gasteiger partial charge in [-0.3, -0.25) is 0 Å². The lowest BCUT2D eigenvalue weighted by molar-refractivity contribution is 0.415. The van der Waals surface area contributed by atoms with Gasteiger partial charge in [-0.05, 0) is 36.4 Å². The summed E-state index contributed by atoms with van der Waals surface area (Å²) in [4.78, 5) is 6.59. The average molecular weight is 427 g/mol. The molecule has 10 heteroatoms. The molecule has 0 saturated heterocycles. The Balaban J connectivity index is 2.23. The van der Waals surface area contributed by atoms with E-state index >= 15 is 0 Å². The van der Waals surface area contributed by atoms with Crippen LogP contribution in [-0.4, -0.2) is 40.2 Å². The van der Waals surface area contributed by atoms with Gasteiger partial charge in [0.05, 0.1) is 12.0 Å². The first-order valence-electron chi connectivity index (χ1n) is 7.58. The minimum atomic E-state index is -4.18. The maximum Gasteiger partial charge on any atom is 0.226 e.